The van der Waals surface area contributed by atoms with Gasteiger partial charge < -0.3 is 25.8 Å². The SMILES string of the molecule is COc1cc(N=Nc2cccc3cccc(O)c23)c(C)cc1N=Nc1ccc2cc(N=NC3C(=O)N(c4ccc(C(=O)O)cc4)N=C3C(N)=O)ccc2c1O.O=S(=O)=O.O=S(=O)=O.O=S(=O)=O. The number of aromatic carboxylic acids is 1. The number of methoxy groups -OCH3 is 1. The number of phenolic OH excluding ortho intramolecular Hbond substituents is 2. The number of aryl methyl sites for hydroxylation is 1. The Balaban J connectivity index is 0.000000732. The van der Waals surface area contributed by atoms with Crippen LogP contribution in [0.2, 0.25) is 0 Å². The summed E-state index contributed by atoms with van der Waals surface area (Å²) in [6.07, 6.45) is 0. The van der Waals surface area contributed by atoms with E-state index in [2.05, 4.69) is 35.8 Å². The number of carboxylic acid groups (broad SMARTS) is 1. The maximum Gasteiger partial charge on any atom is 0.425 e. The number of carbonyl (C=O) groups is 3. The first-order chi connectivity index (χ1) is 31.7. The zero-order valence-electron chi connectivity index (χ0n) is 33.9. The second kappa shape index (κ2) is 23.1. The molecule has 5 N–H and O–H groups in total. The summed E-state index contributed by atoms with van der Waals surface area (Å²) >= 11 is 0. The molecule has 0 aliphatic carbocycles. The average Bonchev–Trinajstić information content (AvgIpc) is 3.60. The van der Waals surface area contributed by atoms with Gasteiger partial charge in [0.1, 0.15) is 22.9 Å². The Morgan fingerprint density at radius 1 is 0.687 bits per heavy atom. The number of azo groups is 3. The maximum absolute atomic E-state index is 13.2. The number of ether oxygens (including phenoxy) is 1. The van der Waals surface area contributed by atoms with E-state index >= 15 is 0 Å². The summed E-state index contributed by atoms with van der Waals surface area (Å²) in [5.74, 6) is -2.50. The number of benzene rings is 6. The Morgan fingerprint density at radius 3 is 1.87 bits per heavy atom. The first-order valence-corrected chi connectivity index (χ1v) is 21.0. The van der Waals surface area contributed by atoms with E-state index in [0.717, 1.165) is 16.0 Å². The molecule has 1 aliphatic heterocycles. The molecule has 1 heterocycles. The summed E-state index contributed by atoms with van der Waals surface area (Å²) in [5, 5.41) is 63.6. The molecule has 2 amide bonds. The summed E-state index contributed by atoms with van der Waals surface area (Å²) in [7, 11) is -7.85. The molecule has 344 valence electrons. The van der Waals surface area contributed by atoms with Crippen LogP contribution in [0.25, 0.3) is 21.5 Å². The van der Waals surface area contributed by atoms with Crippen molar-refractivity contribution in [1.82, 2.24) is 0 Å². The number of rotatable bonds is 10. The Morgan fingerprint density at radius 2 is 1.27 bits per heavy atom. The average molecular weight is 976 g/mol. The molecule has 1 atom stereocenters. The number of anilines is 1. The van der Waals surface area contributed by atoms with Crippen LogP contribution in [0.15, 0.2) is 139 Å². The topological polar surface area (TPSA) is 391 Å². The minimum Gasteiger partial charge on any atom is -0.507 e. The van der Waals surface area contributed by atoms with E-state index in [1.54, 1.807) is 60.7 Å². The summed E-state index contributed by atoms with van der Waals surface area (Å²) in [6, 6.07) is 26.0. The smallest absolute Gasteiger partial charge is 0.425 e. The van der Waals surface area contributed by atoms with Crippen molar-refractivity contribution in [2.45, 2.75) is 13.0 Å². The molecule has 0 saturated heterocycles. The van der Waals surface area contributed by atoms with Crippen molar-refractivity contribution in [3.8, 4) is 17.2 Å². The highest BCUT2D eigenvalue weighted by Gasteiger charge is 2.40. The zero-order chi connectivity index (χ0) is 49.5. The number of hydrogen-bond acceptors (Lipinski definition) is 22. The molecule has 1 unspecified atom stereocenters. The number of fused-ring (bicyclic) bond motifs is 2. The molecule has 0 spiro atoms. The van der Waals surface area contributed by atoms with E-state index in [4.69, 9.17) is 53.5 Å². The quantitative estimate of drug-likeness (QED) is 0.122. The van der Waals surface area contributed by atoms with Gasteiger partial charge in [-0.05, 0) is 90.0 Å². The van der Waals surface area contributed by atoms with E-state index < -0.39 is 55.7 Å². The van der Waals surface area contributed by atoms with Crippen LogP contribution in [0.1, 0.15) is 15.9 Å². The number of carbonyl (C=O) groups excluding carboxylic acids is 2. The third-order valence-corrected chi connectivity index (χ3v) is 8.65. The highest BCUT2D eigenvalue weighted by molar-refractivity contribution is 7.59. The molecule has 1 aliphatic rings. The molecule has 0 aromatic heterocycles. The van der Waals surface area contributed by atoms with Crippen LogP contribution in [-0.4, -0.2) is 89.8 Å². The molecule has 67 heavy (non-hydrogen) atoms. The van der Waals surface area contributed by atoms with Crippen molar-refractivity contribution >= 4 is 111 Å². The maximum atomic E-state index is 13.2. The van der Waals surface area contributed by atoms with Gasteiger partial charge in [0.25, 0.3) is 11.8 Å². The van der Waals surface area contributed by atoms with Crippen molar-refractivity contribution < 1.29 is 72.3 Å². The molecule has 0 radical (unpaired) electrons. The number of aromatic hydroxyl groups is 2. The number of carboxylic acids is 1. The number of hydrazone groups is 1. The van der Waals surface area contributed by atoms with Gasteiger partial charge in [-0.25, -0.2) is 4.79 Å². The van der Waals surface area contributed by atoms with Crippen molar-refractivity contribution in [3.05, 3.63) is 114 Å². The zero-order valence-corrected chi connectivity index (χ0v) is 36.4. The van der Waals surface area contributed by atoms with E-state index in [1.807, 2.05) is 25.1 Å². The molecule has 6 aromatic carbocycles. The lowest BCUT2D eigenvalue weighted by Gasteiger charge is -2.12. The minimum atomic E-state index is -3.11. The molecule has 25 nitrogen and oxygen atoms in total. The van der Waals surface area contributed by atoms with Crippen molar-refractivity contribution in [2.75, 3.05) is 12.1 Å². The molecule has 0 bridgehead atoms. The van der Waals surface area contributed by atoms with Gasteiger partial charge in [-0.3, -0.25) is 9.59 Å². The Labute approximate surface area is 380 Å². The monoisotopic (exact) mass is 975 g/mol. The number of nitrogens with zero attached hydrogens (tertiary/aromatic N) is 8. The van der Waals surface area contributed by atoms with Crippen LogP contribution in [0.4, 0.5) is 34.1 Å². The van der Waals surface area contributed by atoms with E-state index in [9.17, 15) is 24.6 Å². The fourth-order valence-corrected chi connectivity index (χ4v) is 5.83. The standard InChI is InChI=1S/C39H29N9O7.3O3S/c1-20-17-30(32(55-2)19-29(20)44-42-27-7-3-5-21-6-4-8-31(49)33(21)27)45-43-28-16-11-23-18-24(12-15-26(23)36(28)50)41-46-35-34(37(40)51)47-48(38(35)52)25-13-9-22(10-14-25)39(53)54;3*1-4(2)3/h3-19,35,49-50H,1-2H3,(H2,40,51)(H,53,54);;;. The van der Waals surface area contributed by atoms with Gasteiger partial charge in [0.05, 0.1) is 40.8 Å². The normalized spacial score (nSPS) is 13.0. The molecule has 0 saturated carbocycles. The molecular weight excluding hydrogens is 947 g/mol. The first-order valence-electron chi connectivity index (χ1n) is 18.0. The predicted octanol–water partition coefficient (Wildman–Crippen LogP) is 5.58. The minimum absolute atomic E-state index is 0.00502. The number of phenols is 2. The van der Waals surface area contributed by atoms with Gasteiger partial charge in [0.15, 0.2) is 11.5 Å². The number of nitrogens with two attached hydrogens (primary N) is 1. The van der Waals surface area contributed by atoms with E-state index in [-0.39, 0.29) is 34.1 Å². The van der Waals surface area contributed by atoms with Crippen LogP contribution in [0, 0.1) is 6.92 Å². The van der Waals surface area contributed by atoms with Crippen molar-refractivity contribution in [1.29, 1.82) is 0 Å². The number of hydrogen-bond donors (Lipinski definition) is 4. The lowest BCUT2D eigenvalue weighted by atomic mass is 10.1. The molecule has 6 aromatic rings. The van der Waals surface area contributed by atoms with Gasteiger partial charge in [0, 0.05) is 11.5 Å². The third kappa shape index (κ3) is 13.7. The van der Waals surface area contributed by atoms with Gasteiger partial charge in [0.2, 0.25) is 6.04 Å². The van der Waals surface area contributed by atoms with E-state index in [0.29, 0.717) is 44.7 Å². The lowest BCUT2D eigenvalue weighted by Crippen LogP contribution is -2.35. The largest absolute Gasteiger partial charge is 0.507 e. The molecular formula is C39H29N9O16S3. The molecule has 0 fully saturated rings. The van der Waals surface area contributed by atoms with Crippen LogP contribution in [0.5, 0.6) is 17.2 Å². The summed E-state index contributed by atoms with van der Waals surface area (Å²) in [5.41, 5.74) is 7.97. The van der Waals surface area contributed by atoms with Crippen LogP contribution >= 0.6 is 0 Å². The van der Waals surface area contributed by atoms with Crippen molar-refractivity contribution in [3.63, 3.8) is 0 Å². The second-order valence-corrected chi connectivity index (χ2v) is 14.0. The summed E-state index contributed by atoms with van der Waals surface area (Å²) in [4.78, 5) is 36.5. The van der Waals surface area contributed by atoms with Crippen LogP contribution in [0.3, 0.4) is 0 Å². The molecule has 7 rings (SSSR count). The van der Waals surface area contributed by atoms with Crippen LogP contribution < -0.4 is 15.5 Å². The summed E-state index contributed by atoms with van der Waals surface area (Å²) < 4.78 is 81.6. The Hall–Kier alpha value is -9.02. The summed E-state index contributed by atoms with van der Waals surface area (Å²) in [6.45, 7) is 1.83. The van der Waals surface area contributed by atoms with Gasteiger partial charge in [-0.2, -0.15) is 25.5 Å². The Kier molecular flexibility index (Phi) is 17.4. The fraction of sp³-hybridized carbons (Fsp3) is 0.0769. The van der Waals surface area contributed by atoms with Gasteiger partial charge in [-0.15, -0.1) is 53.2 Å². The van der Waals surface area contributed by atoms with E-state index in [1.165, 1.54) is 31.4 Å². The number of primary amides is 1. The van der Waals surface area contributed by atoms with Crippen LogP contribution in [-0.2, 0) is 41.4 Å². The highest BCUT2D eigenvalue weighted by Crippen LogP contribution is 2.41. The Bertz CT molecular complexity index is 3320. The second-order valence-electron chi connectivity index (χ2n) is 12.8. The fourth-order valence-electron chi connectivity index (χ4n) is 5.83. The highest BCUT2D eigenvalue weighted by atomic mass is 32.2. The first kappa shape index (κ1) is 50.6. The third-order valence-electron chi connectivity index (χ3n) is 8.65. The predicted molar refractivity (Wildman–Crippen MR) is 232 cm³/mol. The van der Waals surface area contributed by atoms with Crippen molar-refractivity contribution in [2.24, 2.45) is 41.5 Å². The molecule has 28 heteroatoms. The lowest BCUT2D eigenvalue weighted by molar-refractivity contribution is -0.118. The van der Waals surface area contributed by atoms with Gasteiger partial charge in [-0.1, -0.05) is 30.3 Å². The van der Waals surface area contributed by atoms with Gasteiger partial charge >= 0.3 is 37.8 Å². The number of amides is 2.